The van der Waals surface area contributed by atoms with Crippen molar-refractivity contribution in [3.05, 3.63) is 56.4 Å². The van der Waals surface area contributed by atoms with Crippen LogP contribution in [-0.2, 0) is 11.2 Å². The standard InChI is InChI=1S/C18H16ClN3O4S/c1-3-13-21-16-14(10(8-27-16)18(25)26)17(24)22(13)9(2)15(23)20-12-7-5-4-6-11(12)19/h4-9H,3H2,1-2H3,(H,20,23)(H,25,26). The van der Waals surface area contributed by atoms with Gasteiger partial charge in [-0.25, -0.2) is 9.78 Å². The molecule has 2 N–H and O–H groups in total. The van der Waals surface area contributed by atoms with Crippen LogP contribution in [0.1, 0.15) is 36.1 Å². The van der Waals surface area contributed by atoms with Crippen LogP contribution < -0.4 is 10.9 Å². The molecule has 0 aliphatic rings. The van der Waals surface area contributed by atoms with E-state index in [0.29, 0.717) is 27.8 Å². The van der Waals surface area contributed by atoms with Crippen LogP contribution in [0.25, 0.3) is 10.2 Å². The molecule has 1 atom stereocenters. The Hall–Kier alpha value is -2.71. The van der Waals surface area contributed by atoms with Crippen molar-refractivity contribution in [2.75, 3.05) is 5.32 Å². The van der Waals surface area contributed by atoms with E-state index in [-0.39, 0.29) is 10.9 Å². The molecule has 3 rings (SSSR count). The zero-order chi connectivity index (χ0) is 19.7. The number of amides is 1. The van der Waals surface area contributed by atoms with E-state index >= 15 is 0 Å². The Labute approximate surface area is 163 Å². The van der Waals surface area contributed by atoms with Gasteiger partial charge in [0, 0.05) is 11.8 Å². The van der Waals surface area contributed by atoms with Crippen LogP contribution in [0.3, 0.4) is 0 Å². The van der Waals surface area contributed by atoms with Crippen molar-refractivity contribution in [1.82, 2.24) is 9.55 Å². The lowest BCUT2D eigenvalue weighted by Gasteiger charge is -2.19. The van der Waals surface area contributed by atoms with Crippen LogP contribution in [0.2, 0.25) is 5.02 Å². The number of carbonyl (C=O) groups is 2. The molecule has 9 heteroatoms. The first-order valence-electron chi connectivity index (χ1n) is 8.16. The fraction of sp³-hybridized carbons (Fsp3) is 0.222. The fourth-order valence-electron chi connectivity index (χ4n) is 2.77. The van der Waals surface area contributed by atoms with E-state index in [9.17, 15) is 19.5 Å². The monoisotopic (exact) mass is 405 g/mol. The Morgan fingerprint density at radius 3 is 2.70 bits per heavy atom. The summed E-state index contributed by atoms with van der Waals surface area (Å²) in [5, 5.41) is 13.8. The quantitative estimate of drug-likeness (QED) is 0.675. The van der Waals surface area contributed by atoms with Gasteiger partial charge < -0.3 is 10.4 Å². The summed E-state index contributed by atoms with van der Waals surface area (Å²) in [5.74, 6) is -1.25. The van der Waals surface area contributed by atoms with Crippen molar-refractivity contribution < 1.29 is 14.7 Å². The number of hydrogen-bond acceptors (Lipinski definition) is 5. The summed E-state index contributed by atoms with van der Waals surface area (Å²) in [6.45, 7) is 3.38. The van der Waals surface area contributed by atoms with Gasteiger partial charge in [-0.05, 0) is 19.1 Å². The molecule has 1 aromatic carbocycles. The van der Waals surface area contributed by atoms with Gasteiger partial charge in [-0.15, -0.1) is 11.3 Å². The highest BCUT2D eigenvalue weighted by molar-refractivity contribution is 7.17. The third-order valence-corrected chi connectivity index (χ3v) is 5.36. The van der Waals surface area contributed by atoms with Crippen molar-refractivity contribution in [2.45, 2.75) is 26.3 Å². The van der Waals surface area contributed by atoms with Crippen LogP contribution in [0.15, 0.2) is 34.4 Å². The molecule has 2 heterocycles. The van der Waals surface area contributed by atoms with Gasteiger partial charge in [0.1, 0.15) is 16.7 Å². The number of rotatable bonds is 5. The first-order chi connectivity index (χ1) is 12.8. The molecule has 140 valence electrons. The number of aryl methyl sites for hydroxylation is 1. The molecule has 0 aliphatic carbocycles. The molecule has 0 saturated carbocycles. The molecule has 0 spiro atoms. The summed E-state index contributed by atoms with van der Waals surface area (Å²) < 4.78 is 1.24. The van der Waals surface area contributed by atoms with Gasteiger partial charge >= 0.3 is 5.97 Å². The number of carbonyl (C=O) groups excluding carboxylic acids is 1. The summed E-state index contributed by atoms with van der Waals surface area (Å²) in [5.41, 5.74) is -0.224. The Morgan fingerprint density at radius 2 is 2.07 bits per heavy atom. The van der Waals surface area contributed by atoms with Crippen molar-refractivity contribution in [2.24, 2.45) is 0 Å². The van der Waals surface area contributed by atoms with E-state index in [1.165, 1.54) is 9.95 Å². The molecule has 0 radical (unpaired) electrons. The zero-order valence-corrected chi connectivity index (χ0v) is 16.1. The Bertz CT molecular complexity index is 1110. The van der Waals surface area contributed by atoms with Crippen molar-refractivity contribution in [3.8, 4) is 0 Å². The predicted molar refractivity (Wildman–Crippen MR) is 105 cm³/mol. The predicted octanol–water partition coefficient (Wildman–Crippen LogP) is 3.57. The second-order valence-electron chi connectivity index (χ2n) is 5.84. The minimum Gasteiger partial charge on any atom is -0.478 e. The maximum atomic E-state index is 13.0. The SMILES string of the molecule is CCc1nc2scc(C(=O)O)c2c(=O)n1C(C)C(=O)Nc1ccccc1Cl. The van der Waals surface area contributed by atoms with Crippen molar-refractivity contribution >= 4 is 50.7 Å². The number of nitrogens with zero attached hydrogens (tertiary/aromatic N) is 2. The lowest BCUT2D eigenvalue weighted by Crippen LogP contribution is -2.34. The fourth-order valence-corrected chi connectivity index (χ4v) is 3.87. The summed E-state index contributed by atoms with van der Waals surface area (Å²) in [6, 6.07) is 5.86. The molecule has 1 amide bonds. The van der Waals surface area contributed by atoms with E-state index in [2.05, 4.69) is 10.3 Å². The van der Waals surface area contributed by atoms with Gasteiger partial charge in [0.15, 0.2) is 0 Å². The van der Waals surface area contributed by atoms with Gasteiger partial charge in [-0.3, -0.25) is 14.2 Å². The van der Waals surface area contributed by atoms with E-state index in [4.69, 9.17) is 11.6 Å². The van der Waals surface area contributed by atoms with E-state index < -0.39 is 23.5 Å². The van der Waals surface area contributed by atoms with Crippen LogP contribution >= 0.6 is 22.9 Å². The summed E-state index contributed by atoms with van der Waals surface area (Å²) in [7, 11) is 0. The minimum absolute atomic E-state index is 0.0158. The average molecular weight is 406 g/mol. The molecule has 27 heavy (non-hydrogen) atoms. The Morgan fingerprint density at radius 1 is 1.37 bits per heavy atom. The number of benzene rings is 1. The largest absolute Gasteiger partial charge is 0.478 e. The maximum Gasteiger partial charge on any atom is 0.337 e. The van der Waals surface area contributed by atoms with Gasteiger partial charge in [-0.1, -0.05) is 30.7 Å². The number of carboxylic acids is 1. The number of hydrogen-bond donors (Lipinski definition) is 2. The lowest BCUT2D eigenvalue weighted by atomic mass is 10.2. The summed E-state index contributed by atoms with van der Waals surface area (Å²) in [4.78, 5) is 41.9. The number of nitrogens with one attached hydrogen (secondary N) is 1. The number of aromatic nitrogens is 2. The van der Waals surface area contributed by atoms with Crippen molar-refractivity contribution in [3.63, 3.8) is 0 Å². The molecule has 0 bridgehead atoms. The van der Waals surface area contributed by atoms with Gasteiger partial charge in [0.2, 0.25) is 5.91 Å². The molecule has 0 saturated heterocycles. The number of anilines is 1. The van der Waals surface area contributed by atoms with Crippen LogP contribution in [0.4, 0.5) is 5.69 Å². The average Bonchev–Trinajstić information content (AvgIpc) is 3.07. The smallest absolute Gasteiger partial charge is 0.337 e. The molecule has 0 fully saturated rings. The zero-order valence-electron chi connectivity index (χ0n) is 14.5. The first-order valence-corrected chi connectivity index (χ1v) is 9.42. The topological polar surface area (TPSA) is 101 Å². The highest BCUT2D eigenvalue weighted by Crippen LogP contribution is 2.25. The third kappa shape index (κ3) is 3.45. The van der Waals surface area contributed by atoms with E-state index in [0.717, 1.165) is 11.3 Å². The number of thiophene rings is 1. The molecule has 3 aromatic rings. The van der Waals surface area contributed by atoms with Crippen molar-refractivity contribution in [1.29, 1.82) is 0 Å². The van der Waals surface area contributed by atoms with Crippen LogP contribution in [0, 0.1) is 0 Å². The molecule has 7 nitrogen and oxygen atoms in total. The van der Waals surface area contributed by atoms with Gasteiger partial charge in [0.25, 0.3) is 5.56 Å². The van der Waals surface area contributed by atoms with Crippen LogP contribution in [-0.4, -0.2) is 26.5 Å². The number of carboxylic acid groups (broad SMARTS) is 1. The van der Waals surface area contributed by atoms with E-state index in [1.54, 1.807) is 31.2 Å². The highest BCUT2D eigenvalue weighted by atomic mass is 35.5. The molecule has 2 aromatic heterocycles. The summed E-state index contributed by atoms with van der Waals surface area (Å²) >= 11 is 7.16. The molecular formula is C18H16ClN3O4S. The molecule has 1 unspecified atom stereocenters. The van der Waals surface area contributed by atoms with Crippen LogP contribution in [0.5, 0.6) is 0 Å². The number of para-hydroxylation sites is 1. The number of halogens is 1. The second-order valence-corrected chi connectivity index (χ2v) is 7.10. The maximum absolute atomic E-state index is 13.0. The van der Waals surface area contributed by atoms with E-state index in [1.807, 2.05) is 6.92 Å². The lowest BCUT2D eigenvalue weighted by molar-refractivity contribution is -0.118. The Kier molecular flexibility index (Phi) is 5.29. The molecular weight excluding hydrogens is 390 g/mol. The Balaban J connectivity index is 2.09. The number of fused-ring (bicyclic) bond motifs is 1. The van der Waals surface area contributed by atoms with Gasteiger partial charge in [-0.2, -0.15) is 0 Å². The minimum atomic E-state index is -1.20. The first kappa shape index (κ1) is 19.1. The molecule has 0 aliphatic heterocycles. The normalized spacial score (nSPS) is 12.1. The third-order valence-electron chi connectivity index (χ3n) is 4.16. The second kappa shape index (κ2) is 7.50. The highest BCUT2D eigenvalue weighted by Gasteiger charge is 2.25. The van der Waals surface area contributed by atoms with Gasteiger partial charge in [0.05, 0.1) is 21.7 Å². The number of aromatic carboxylic acids is 1. The summed E-state index contributed by atoms with van der Waals surface area (Å²) in [6.07, 6.45) is 0.412.